The summed E-state index contributed by atoms with van der Waals surface area (Å²) in [4.78, 5) is 0. The van der Waals surface area contributed by atoms with Gasteiger partial charge in [-0.25, -0.2) is 0 Å². The van der Waals surface area contributed by atoms with Crippen LogP contribution in [0.25, 0.3) is 0 Å². The van der Waals surface area contributed by atoms with Crippen LogP contribution in [0.2, 0.25) is 0 Å². The van der Waals surface area contributed by atoms with Crippen LogP contribution in [0.5, 0.6) is 0 Å². The number of nitrogens with one attached hydrogen (secondary N) is 1. The molecular weight excluding hydrogens is 170 g/mol. The predicted octanol–water partition coefficient (Wildman–Crippen LogP) is 3.15. The maximum absolute atomic E-state index is 3.40. The Morgan fingerprint density at radius 3 is 2.50 bits per heavy atom. The van der Waals surface area contributed by atoms with Crippen molar-refractivity contribution in [1.82, 2.24) is 5.32 Å². The summed E-state index contributed by atoms with van der Waals surface area (Å²) in [6, 6.07) is 0. The number of hydrogen-bond acceptors (Lipinski definition) is 1. The number of allylic oxidation sites excluding steroid dienone is 1. The summed E-state index contributed by atoms with van der Waals surface area (Å²) in [7, 11) is 0. The van der Waals surface area contributed by atoms with E-state index in [-0.39, 0.29) is 12.4 Å². The van der Waals surface area contributed by atoms with E-state index in [2.05, 4.69) is 32.2 Å². The molecule has 0 aromatic heterocycles. The first kappa shape index (κ1) is 14.5. The van der Waals surface area contributed by atoms with Crippen molar-refractivity contribution < 1.29 is 0 Å². The van der Waals surface area contributed by atoms with Crippen LogP contribution >= 0.6 is 12.4 Å². The quantitative estimate of drug-likeness (QED) is 0.503. The van der Waals surface area contributed by atoms with E-state index in [1.54, 1.807) is 0 Å². The second kappa shape index (κ2) is 11.0. The van der Waals surface area contributed by atoms with Gasteiger partial charge in [0.1, 0.15) is 0 Å². The highest BCUT2D eigenvalue weighted by atomic mass is 35.5. The van der Waals surface area contributed by atoms with Crippen molar-refractivity contribution in [2.75, 3.05) is 13.1 Å². The molecule has 0 saturated carbocycles. The molecule has 0 atom stereocenters. The first-order valence-electron chi connectivity index (χ1n) is 4.63. The molecule has 0 saturated heterocycles. The zero-order valence-electron chi connectivity index (χ0n) is 8.52. The molecule has 0 rings (SSSR count). The van der Waals surface area contributed by atoms with E-state index in [1.807, 2.05) is 0 Å². The lowest BCUT2D eigenvalue weighted by Crippen LogP contribution is -2.17. The van der Waals surface area contributed by atoms with Crippen LogP contribution < -0.4 is 5.32 Å². The second-order valence-electron chi connectivity index (χ2n) is 3.02. The molecule has 0 unspecified atom stereocenters. The molecule has 12 heavy (non-hydrogen) atoms. The van der Waals surface area contributed by atoms with E-state index >= 15 is 0 Å². The van der Waals surface area contributed by atoms with E-state index in [4.69, 9.17) is 0 Å². The molecule has 0 aromatic rings. The maximum Gasteiger partial charge on any atom is 0.0161 e. The van der Waals surface area contributed by atoms with Crippen molar-refractivity contribution in [1.29, 1.82) is 0 Å². The first-order valence-corrected chi connectivity index (χ1v) is 4.63. The fourth-order valence-electron chi connectivity index (χ4n) is 0.888. The molecular formula is C10H22ClN. The van der Waals surface area contributed by atoms with Gasteiger partial charge in [-0.15, -0.1) is 12.4 Å². The Morgan fingerprint density at radius 2 is 2.00 bits per heavy atom. The highest BCUT2D eigenvalue weighted by molar-refractivity contribution is 5.85. The largest absolute Gasteiger partial charge is 0.313 e. The molecule has 0 heterocycles. The smallest absolute Gasteiger partial charge is 0.0161 e. The predicted molar refractivity (Wildman–Crippen MR) is 59.1 cm³/mol. The molecule has 0 aliphatic heterocycles. The van der Waals surface area contributed by atoms with Crippen molar-refractivity contribution in [3.05, 3.63) is 11.6 Å². The zero-order chi connectivity index (χ0) is 8.53. The molecule has 1 nitrogen and oxygen atoms in total. The SMILES string of the molecule is CC=C(C)CNCCCCC.Cl. The minimum Gasteiger partial charge on any atom is -0.313 e. The Labute approximate surface area is 83.0 Å². The first-order chi connectivity index (χ1) is 5.31. The van der Waals surface area contributed by atoms with Gasteiger partial charge in [0.25, 0.3) is 0 Å². The van der Waals surface area contributed by atoms with Gasteiger partial charge >= 0.3 is 0 Å². The average molecular weight is 192 g/mol. The van der Waals surface area contributed by atoms with Gasteiger partial charge in [0.05, 0.1) is 0 Å². The molecule has 0 aromatic carbocycles. The summed E-state index contributed by atoms with van der Waals surface area (Å²) < 4.78 is 0. The lowest BCUT2D eigenvalue weighted by atomic mass is 10.2. The van der Waals surface area contributed by atoms with Gasteiger partial charge in [-0.1, -0.05) is 31.4 Å². The third kappa shape index (κ3) is 9.99. The van der Waals surface area contributed by atoms with Crippen LogP contribution in [-0.2, 0) is 0 Å². The molecule has 0 bridgehead atoms. The van der Waals surface area contributed by atoms with Gasteiger partial charge in [0, 0.05) is 6.54 Å². The zero-order valence-corrected chi connectivity index (χ0v) is 9.34. The summed E-state index contributed by atoms with van der Waals surface area (Å²) in [6.45, 7) is 8.70. The lowest BCUT2D eigenvalue weighted by molar-refractivity contribution is 0.639. The van der Waals surface area contributed by atoms with E-state index in [0.717, 1.165) is 6.54 Å². The van der Waals surface area contributed by atoms with Crippen molar-refractivity contribution in [2.24, 2.45) is 0 Å². The Balaban J connectivity index is 0. The van der Waals surface area contributed by atoms with Crippen LogP contribution in [-0.4, -0.2) is 13.1 Å². The van der Waals surface area contributed by atoms with E-state index < -0.39 is 0 Å². The minimum atomic E-state index is 0. The summed E-state index contributed by atoms with van der Waals surface area (Å²) in [6.07, 6.45) is 6.13. The van der Waals surface area contributed by atoms with Gasteiger partial charge < -0.3 is 5.32 Å². The Morgan fingerprint density at radius 1 is 1.33 bits per heavy atom. The van der Waals surface area contributed by atoms with Crippen molar-refractivity contribution >= 4 is 12.4 Å². The van der Waals surface area contributed by atoms with Gasteiger partial charge in [-0.3, -0.25) is 0 Å². The van der Waals surface area contributed by atoms with Crippen LogP contribution in [0.4, 0.5) is 0 Å². The van der Waals surface area contributed by atoms with E-state index in [9.17, 15) is 0 Å². The number of unbranched alkanes of at least 4 members (excludes halogenated alkanes) is 2. The normalized spacial score (nSPS) is 11.1. The average Bonchev–Trinajstić information content (AvgIpc) is 2.04. The monoisotopic (exact) mass is 191 g/mol. The topological polar surface area (TPSA) is 12.0 Å². The highest BCUT2D eigenvalue weighted by Crippen LogP contribution is 1.92. The fourth-order valence-corrected chi connectivity index (χ4v) is 0.888. The van der Waals surface area contributed by atoms with Crippen LogP contribution in [0.1, 0.15) is 40.0 Å². The molecule has 0 amide bonds. The number of halogens is 1. The molecule has 0 spiro atoms. The Bertz CT molecular complexity index is 110. The maximum atomic E-state index is 3.40. The van der Waals surface area contributed by atoms with Crippen molar-refractivity contribution in [2.45, 2.75) is 40.0 Å². The van der Waals surface area contributed by atoms with Crippen LogP contribution in [0.15, 0.2) is 11.6 Å². The van der Waals surface area contributed by atoms with Gasteiger partial charge in [-0.2, -0.15) is 0 Å². The molecule has 2 heteroatoms. The molecule has 1 N–H and O–H groups in total. The van der Waals surface area contributed by atoms with E-state index in [1.165, 1.54) is 31.4 Å². The van der Waals surface area contributed by atoms with Crippen molar-refractivity contribution in [3.8, 4) is 0 Å². The molecule has 0 aliphatic rings. The van der Waals surface area contributed by atoms with Crippen LogP contribution in [0.3, 0.4) is 0 Å². The summed E-state index contributed by atoms with van der Waals surface area (Å²) >= 11 is 0. The number of hydrogen-bond donors (Lipinski definition) is 1. The minimum absolute atomic E-state index is 0. The summed E-state index contributed by atoms with van der Waals surface area (Å²) in [5, 5.41) is 3.40. The van der Waals surface area contributed by atoms with Gasteiger partial charge in [0.2, 0.25) is 0 Å². The molecule has 74 valence electrons. The van der Waals surface area contributed by atoms with E-state index in [0.29, 0.717) is 0 Å². The lowest BCUT2D eigenvalue weighted by Gasteiger charge is -2.03. The Kier molecular flexibility index (Phi) is 13.3. The van der Waals surface area contributed by atoms with Gasteiger partial charge in [0.15, 0.2) is 0 Å². The molecule has 0 aliphatic carbocycles. The van der Waals surface area contributed by atoms with Gasteiger partial charge in [-0.05, 0) is 26.8 Å². The highest BCUT2D eigenvalue weighted by Gasteiger charge is 1.87. The summed E-state index contributed by atoms with van der Waals surface area (Å²) in [5.41, 5.74) is 1.43. The third-order valence-corrected chi connectivity index (χ3v) is 1.85. The van der Waals surface area contributed by atoms with Crippen molar-refractivity contribution in [3.63, 3.8) is 0 Å². The molecule has 0 radical (unpaired) electrons. The molecule has 0 fully saturated rings. The second-order valence-corrected chi connectivity index (χ2v) is 3.02. The Hall–Kier alpha value is -0.0100. The summed E-state index contributed by atoms with van der Waals surface area (Å²) in [5.74, 6) is 0. The van der Waals surface area contributed by atoms with Crippen LogP contribution in [0, 0.1) is 0 Å². The third-order valence-electron chi connectivity index (χ3n) is 1.85. The number of rotatable bonds is 6. The fraction of sp³-hybridized carbons (Fsp3) is 0.800. The standard InChI is InChI=1S/C10H21N.ClH/c1-4-6-7-8-11-9-10(3)5-2;/h5,11H,4,6-9H2,1-3H3;1H.